The van der Waals surface area contributed by atoms with Crippen molar-refractivity contribution in [2.75, 3.05) is 20.2 Å². The molecule has 0 unspecified atom stereocenters. The van der Waals surface area contributed by atoms with Crippen molar-refractivity contribution in [3.05, 3.63) is 65.2 Å². The van der Waals surface area contributed by atoms with Crippen molar-refractivity contribution < 1.29 is 19.2 Å². The van der Waals surface area contributed by atoms with Crippen LogP contribution in [-0.4, -0.2) is 36.9 Å². The first-order chi connectivity index (χ1) is 11.7. The number of methoxy groups -OCH3 is 1. The molecule has 24 heavy (non-hydrogen) atoms. The summed E-state index contributed by atoms with van der Waals surface area (Å²) in [6.07, 6.45) is 0. The fourth-order valence-electron chi connectivity index (χ4n) is 2.53. The minimum Gasteiger partial charge on any atom is -0.497 e. The van der Waals surface area contributed by atoms with Crippen LogP contribution in [0.1, 0.15) is 26.3 Å². The first-order valence-corrected chi connectivity index (χ1v) is 7.63. The molecule has 124 valence electrons. The predicted octanol–water partition coefficient (Wildman–Crippen LogP) is 2.01. The highest BCUT2D eigenvalue weighted by Crippen LogP contribution is 2.21. The average Bonchev–Trinajstić information content (AvgIpc) is 2.87. The summed E-state index contributed by atoms with van der Waals surface area (Å²) in [6, 6.07) is 14.4. The van der Waals surface area contributed by atoms with Crippen molar-refractivity contribution in [2.24, 2.45) is 0 Å². The molecule has 0 aromatic heterocycles. The molecule has 0 saturated heterocycles. The minimum absolute atomic E-state index is 0.257. The van der Waals surface area contributed by atoms with Crippen molar-refractivity contribution >= 4 is 11.8 Å². The summed E-state index contributed by atoms with van der Waals surface area (Å²) in [5.74, 6) is 0.275. The Morgan fingerprint density at radius 2 is 1.58 bits per heavy atom. The number of imide groups is 1. The molecule has 0 spiro atoms. The van der Waals surface area contributed by atoms with Gasteiger partial charge in [-0.1, -0.05) is 24.3 Å². The quantitative estimate of drug-likeness (QED) is 0.479. The third-order valence-electron chi connectivity index (χ3n) is 3.82. The second-order valence-corrected chi connectivity index (χ2v) is 5.34. The van der Waals surface area contributed by atoms with E-state index in [0.29, 0.717) is 24.3 Å². The topological polar surface area (TPSA) is 67.9 Å². The van der Waals surface area contributed by atoms with E-state index in [0.717, 1.165) is 11.3 Å². The van der Waals surface area contributed by atoms with Gasteiger partial charge in [-0.25, -0.2) is 5.48 Å². The van der Waals surface area contributed by atoms with Crippen LogP contribution in [0.25, 0.3) is 0 Å². The second-order valence-electron chi connectivity index (χ2n) is 5.34. The van der Waals surface area contributed by atoms with Crippen LogP contribution < -0.4 is 10.2 Å². The van der Waals surface area contributed by atoms with E-state index in [2.05, 4.69) is 5.48 Å². The second kappa shape index (κ2) is 7.25. The molecule has 0 saturated carbocycles. The van der Waals surface area contributed by atoms with E-state index in [4.69, 9.17) is 9.57 Å². The predicted molar refractivity (Wildman–Crippen MR) is 87.6 cm³/mol. The molecule has 1 aliphatic heterocycles. The van der Waals surface area contributed by atoms with Crippen LogP contribution in [-0.2, 0) is 11.4 Å². The summed E-state index contributed by atoms with van der Waals surface area (Å²) in [5, 5.41) is 0. The van der Waals surface area contributed by atoms with Gasteiger partial charge in [-0.2, -0.15) is 0 Å². The molecule has 0 radical (unpaired) electrons. The van der Waals surface area contributed by atoms with Crippen LogP contribution in [0, 0.1) is 0 Å². The van der Waals surface area contributed by atoms with E-state index in [9.17, 15) is 9.59 Å². The summed E-state index contributed by atoms with van der Waals surface area (Å²) in [5.41, 5.74) is 4.69. The van der Waals surface area contributed by atoms with Gasteiger partial charge in [0.15, 0.2) is 0 Å². The number of nitrogens with one attached hydrogen (secondary N) is 1. The summed E-state index contributed by atoms with van der Waals surface area (Å²) >= 11 is 0. The number of fused-ring (bicyclic) bond motifs is 1. The molecule has 2 aromatic rings. The van der Waals surface area contributed by atoms with E-state index in [1.807, 2.05) is 24.3 Å². The molecule has 0 aliphatic carbocycles. The molecule has 0 bridgehead atoms. The van der Waals surface area contributed by atoms with Crippen LogP contribution in [0.3, 0.4) is 0 Å². The zero-order valence-corrected chi connectivity index (χ0v) is 13.3. The van der Waals surface area contributed by atoms with Crippen molar-refractivity contribution in [1.29, 1.82) is 0 Å². The van der Waals surface area contributed by atoms with Crippen LogP contribution in [0.2, 0.25) is 0 Å². The Hall–Kier alpha value is -2.70. The third kappa shape index (κ3) is 3.29. The normalized spacial score (nSPS) is 13.3. The summed E-state index contributed by atoms with van der Waals surface area (Å²) in [7, 11) is 1.62. The van der Waals surface area contributed by atoms with Crippen LogP contribution >= 0.6 is 0 Å². The van der Waals surface area contributed by atoms with Crippen molar-refractivity contribution in [2.45, 2.75) is 6.61 Å². The Morgan fingerprint density at radius 1 is 0.958 bits per heavy atom. The van der Waals surface area contributed by atoms with Gasteiger partial charge < -0.3 is 4.74 Å². The number of amides is 2. The highest BCUT2D eigenvalue weighted by Gasteiger charge is 2.34. The first-order valence-electron chi connectivity index (χ1n) is 7.63. The fourth-order valence-corrected chi connectivity index (χ4v) is 2.53. The number of carbonyl (C=O) groups is 2. The number of hydrogen-bond acceptors (Lipinski definition) is 5. The number of rotatable bonds is 7. The van der Waals surface area contributed by atoms with Crippen LogP contribution in [0.15, 0.2) is 48.5 Å². The largest absolute Gasteiger partial charge is 0.497 e. The number of benzene rings is 2. The number of ether oxygens (including phenoxy) is 1. The van der Waals surface area contributed by atoms with E-state index >= 15 is 0 Å². The Labute approximate surface area is 139 Å². The van der Waals surface area contributed by atoms with Gasteiger partial charge in [-0.3, -0.25) is 19.3 Å². The van der Waals surface area contributed by atoms with Gasteiger partial charge >= 0.3 is 0 Å². The van der Waals surface area contributed by atoms with Gasteiger partial charge in [0.25, 0.3) is 11.8 Å². The lowest BCUT2D eigenvalue weighted by atomic mass is 10.1. The molecule has 1 aliphatic rings. The smallest absolute Gasteiger partial charge is 0.261 e. The Balaban J connectivity index is 1.44. The van der Waals surface area contributed by atoms with Gasteiger partial charge in [-0.15, -0.1) is 0 Å². The Kier molecular flexibility index (Phi) is 4.88. The van der Waals surface area contributed by atoms with Gasteiger partial charge in [0, 0.05) is 13.1 Å². The number of hydrogen-bond donors (Lipinski definition) is 1. The van der Waals surface area contributed by atoms with Gasteiger partial charge in [0.2, 0.25) is 0 Å². The summed E-state index contributed by atoms with van der Waals surface area (Å²) < 4.78 is 5.09. The van der Waals surface area contributed by atoms with Crippen LogP contribution in [0.5, 0.6) is 5.75 Å². The molecule has 3 rings (SSSR count). The molecule has 6 heteroatoms. The van der Waals surface area contributed by atoms with E-state index < -0.39 is 0 Å². The molecule has 1 heterocycles. The maximum Gasteiger partial charge on any atom is 0.261 e. The minimum atomic E-state index is -0.257. The molecule has 6 nitrogen and oxygen atoms in total. The fraction of sp³-hybridized carbons (Fsp3) is 0.222. The van der Waals surface area contributed by atoms with Gasteiger partial charge in [-0.05, 0) is 29.8 Å². The van der Waals surface area contributed by atoms with Crippen molar-refractivity contribution in [3.8, 4) is 5.75 Å². The molecule has 1 N–H and O–H groups in total. The summed E-state index contributed by atoms with van der Waals surface area (Å²) in [4.78, 5) is 30.9. The van der Waals surface area contributed by atoms with E-state index in [-0.39, 0.29) is 18.4 Å². The lowest BCUT2D eigenvalue weighted by molar-refractivity contribution is 0.0230. The standard InChI is InChI=1S/C18H18N2O4/c1-23-14-8-6-13(7-9-14)12-24-19-10-11-20-17(21)15-4-2-3-5-16(15)18(20)22/h2-9,19H,10-12H2,1H3. The van der Waals surface area contributed by atoms with Crippen molar-refractivity contribution in [3.63, 3.8) is 0 Å². The van der Waals surface area contributed by atoms with Crippen molar-refractivity contribution in [1.82, 2.24) is 10.4 Å². The third-order valence-corrected chi connectivity index (χ3v) is 3.82. The molecular formula is C18H18N2O4. The lowest BCUT2D eigenvalue weighted by Gasteiger charge is -2.14. The number of hydroxylamine groups is 1. The highest BCUT2D eigenvalue weighted by atomic mass is 16.6. The SMILES string of the molecule is COc1ccc(CONCCN2C(=O)c3ccccc3C2=O)cc1. The molecule has 0 fully saturated rings. The van der Waals surface area contributed by atoms with Gasteiger partial charge in [0.1, 0.15) is 5.75 Å². The lowest BCUT2D eigenvalue weighted by Crippen LogP contribution is -2.36. The molecule has 2 amide bonds. The Bertz CT molecular complexity index is 708. The van der Waals surface area contributed by atoms with E-state index in [1.54, 1.807) is 31.4 Å². The average molecular weight is 326 g/mol. The molecule has 0 atom stereocenters. The van der Waals surface area contributed by atoms with Crippen LogP contribution in [0.4, 0.5) is 0 Å². The maximum atomic E-state index is 12.2. The number of nitrogens with zero attached hydrogens (tertiary/aromatic N) is 1. The maximum absolute atomic E-state index is 12.2. The summed E-state index contributed by atoms with van der Waals surface area (Å²) in [6.45, 7) is 1.00. The van der Waals surface area contributed by atoms with Gasteiger partial charge in [0.05, 0.1) is 24.8 Å². The zero-order valence-electron chi connectivity index (χ0n) is 13.3. The molecular weight excluding hydrogens is 308 g/mol. The number of carbonyl (C=O) groups excluding carboxylic acids is 2. The highest BCUT2D eigenvalue weighted by molar-refractivity contribution is 6.21. The molecule has 2 aromatic carbocycles. The first kappa shape index (κ1) is 16.2. The van der Waals surface area contributed by atoms with E-state index in [1.165, 1.54) is 4.90 Å². The zero-order chi connectivity index (χ0) is 16.9. The Morgan fingerprint density at radius 3 is 2.17 bits per heavy atom. The monoisotopic (exact) mass is 326 g/mol.